The smallest absolute Gasteiger partial charge is 0.415 e. The van der Waals surface area contributed by atoms with Crippen LogP contribution in [0.3, 0.4) is 0 Å². The zero-order valence-electron chi connectivity index (χ0n) is 32.3. The van der Waals surface area contributed by atoms with Gasteiger partial charge in [-0.3, -0.25) is 24.6 Å². The topological polar surface area (TPSA) is 176 Å². The minimum absolute atomic E-state index is 0.0347. The minimum atomic E-state index is -0.905. The van der Waals surface area contributed by atoms with Crippen molar-refractivity contribution in [2.45, 2.75) is 52.9 Å². The van der Waals surface area contributed by atoms with Gasteiger partial charge in [-0.2, -0.15) is 9.97 Å². The van der Waals surface area contributed by atoms with Crippen LogP contribution in [0, 0.1) is 10.1 Å². The number of rotatable bonds is 12. The third kappa shape index (κ3) is 9.40. The average Bonchev–Trinajstić information content (AvgIpc) is 3.51. The molecule has 298 valence electrons. The van der Waals surface area contributed by atoms with E-state index in [1.807, 2.05) is 42.5 Å². The summed E-state index contributed by atoms with van der Waals surface area (Å²) in [7, 11) is 3.13. The summed E-state index contributed by atoms with van der Waals surface area (Å²) in [5.74, 6) is -0.0555. The van der Waals surface area contributed by atoms with Crippen molar-refractivity contribution in [3.8, 4) is 17.5 Å². The molecule has 3 heterocycles. The molecule has 6 rings (SSSR count). The second-order valence-corrected chi connectivity index (χ2v) is 13.2. The molecule has 3 aromatic carbocycles. The molecule has 0 unspecified atom stereocenters. The highest BCUT2D eigenvalue weighted by atomic mass is 16.6. The van der Waals surface area contributed by atoms with Crippen LogP contribution in [-0.2, 0) is 46.9 Å². The van der Waals surface area contributed by atoms with Crippen LogP contribution in [0.1, 0.15) is 58.4 Å². The Balaban J connectivity index is 1.50. The largest absolute Gasteiger partial charge is 0.497 e. The van der Waals surface area contributed by atoms with Crippen molar-refractivity contribution in [3.05, 3.63) is 116 Å². The molecule has 1 aromatic heterocycles. The molecule has 0 radical (unpaired) electrons. The first-order valence-corrected chi connectivity index (χ1v) is 18.5. The molecule has 57 heavy (non-hydrogen) atoms. The van der Waals surface area contributed by atoms with Gasteiger partial charge in [0.2, 0.25) is 11.6 Å². The number of ether oxygens (including phenoxy) is 5. The van der Waals surface area contributed by atoms with Gasteiger partial charge < -0.3 is 33.5 Å². The van der Waals surface area contributed by atoms with Crippen LogP contribution in [0.4, 0.5) is 22.1 Å². The molecule has 0 saturated carbocycles. The number of esters is 1. The zero-order valence-corrected chi connectivity index (χ0v) is 32.3. The number of anilines is 2. The molecule has 0 spiro atoms. The van der Waals surface area contributed by atoms with Gasteiger partial charge in [-0.05, 0) is 84.8 Å². The second-order valence-electron chi connectivity index (χ2n) is 13.2. The summed E-state index contributed by atoms with van der Waals surface area (Å²) in [5, 5.41) is 13.3. The number of aromatic nitrogens is 2. The summed E-state index contributed by atoms with van der Waals surface area (Å²) in [6.45, 7) is 3.62. The van der Waals surface area contributed by atoms with Crippen molar-refractivity contribution in [2.24, 2.45) is 0 Å². The van der Waals surface area contributed by atoms with Crippen LogP contribution >= 0.6 is 0 Å². The van der Waals surface area contributed by atoms with Crippen LogP contribution in [0.2, 0.25) is 0 Å². The molecule has 0 saturated heterocycles. The van der Waals surface area contributed by atoms with E-state index in [0.29, 0.717) is 35.5 Å². The van der Waals surface area contributed by atoms with Crippen molar-refractivity contribution in [3.63, 3.8) is 0 Å². The lowest BCUT2D eigenvalue weighted by Gasteiger charge is -2.27. The zero-order chi connectivity index (χ0) is 40.5. The molecular formula is C41H44N6O10. The molecule has 4 bridgehead atoms. The molecule has 2 amide bonds. The fourth-order valence-corrected chi connectivity index (χ4v) is 6.69. The molecule has 4 aromatic rings. The van der Waals surface area contributed by atoms with Gasteiger partial charge >= 0.3 is 23.8 Å². The number of amides is 2. The lowest BCUT2D eigenvalue weighted by atomic mass is 9.96. The molecule has 0 N–H and O–H groups in total. The van der Waals surface area contributed by atoms with Crippen LogP contribution in [0.15, 0.2) is 72.8 Å². The van der Waals surface area contributed by atoms with E-state index in [1.165, 1.54) is 4.90 Å². The number of carbonyl (C=O) groups excluding carboxylic acids is 3. The number of allylic oxidation sites excluding steroid dienone is 1. The summed E-state index contributed by atoms with van der Waals surface area (Å²) < 4.78 is 27.3. The average molecular weight is 781 g/mol. The fraction of sp³-hybridized carbons (Fsp3) is 0.341. The van der Waals surface area contributed by atoms with Gasteiger partial charge in [0, 0.05) is 25.2 Å². The minimum Gasteiger partial charge on any atom is -0.497 e. The lowest BCUT2D eigenvalue weighted by Crippen LogP contribution is -2.34. The van der Waals surface area contributed by atoms with Gasteiger partial charge in [-0.25, -0.2) is 4.79 Å². The fourth-order valence-electron chi connectivity index (χ4n) is 6.69. The SMILES string of the molecule is CCOC(=O)CN1Cc2c3cc(cc2C1=O)CN(C(=O)OCC)c1nc(nc(N(Cc2ccc(OC)cc2)Cc2ccc(OC)cc2)c1[N+](=O)[O-])OCC/C=C/C3. The summed E-state index contributed by atoms with van der Waals surface area (Å²) in [6, 6.07) is 17.9. The Morgan fingerprint density at radius 3 is 2.14 bits per heavy atom. The number of methoxy groups -OCH3 is 2. The van der Waals surface area contributed by atoms with E-state index in [9.17, 15) is 24.5 Å². The highest BCUT2D eigenvalue weighted by molar-refractivity contribution is 6.00. The third-order valence-corrected chi connectivity index (χ3v) is 9.37. The molecule has 2 aliphatic heterocycles. The Bertz CT molecular complexity index is 2090. The van der Waals surface area contributed by atoms with Crippen molar-refractivity contribution < 1.29 is 43.0 Å². The summed E-state index contributed by atoms with van der Waals surface area (Å²) in [5.41, 5.74) is 3.42. The van der Waals surface area contributed by atoms with Crippen LogP contribution < -0.4 is 24.0 Å². The number of hydrogen-bond acceptors (Lipinski definition) is 13. The molecule has 16 heteroatoms. The monoisotopic (exact) mass is 780 g/mol. The number of benzene rings is 3. The van der Waals surface area contributed by atoms with Gasteiger partial charge in [0.05, 0.1) is 45.5 Å². The predicted octanol–water partition coefficient (Wildman–Crippen LogP) is 6.17. The van der Waals surface area contributed by atoms with Gasteiger partial charge in [0.1, 0.15) is 18.0 Å². The molecule has 16 nitrogen and oxygen atoms in total. The second kappa shape index (κ2) is 18.3. The Morgan fingerprint density at radius 1 is 0.895 bits per heavy atom. The maximum absolute atomic E-state index is 13.9. The maximum Gasteiger partial charge on any atom is 0.415 e. The van der Waals surface area contributed by atoms with E-state index in [-0.39, 0.29) is 76.1 Å². The summed E-state index contributed by atoms with van der Waals surface area (Å²) >= 11 is 0. The number of nitrogens with zero attached hydrogens (tertiary/aromatic N) is 6. The van der Waals surface area contributed by atoms with E-state index in [1.54, 1.807) is 63.3 Å². The molecule has 2 aliphatic rings. The van der Waals surface area contributed by atoms with E-state index in [0.717, 1.165) is 27.2 Å². The quantitative estimate of drug-likeness (QED) is 0.0691. The van der Waals surface area contributed by atoms with Gasteiger partial charge in [-0.15, -0.1) is 0 Å². The predicted molar refractivity (Wildman–Crippen MR) is 209 cm³/mol. The first kappa shape index (κ1) is 40.0. The van der Waals surface area contributed by atoms with Crippen molar-refractivity contribution >= 4 is 35.3 Å². The normalized spacial score (nSPS) is 14.1. The number of hydrogen-bond donors (Lipinski definition) is 0. The Hall–Kier alpha value is -6.71. The first-order valence-electron chi connectivity index (χ1n) is 18.5. The Kier molecular flexibility index (Phi) is 12.8. The first-order chi connectivity index (χ1) is 27.6. The summed E-state index contributed by atoms with van der Waals surface area (Å²) in [6.07, 6.45) is 3.85. The Morgan fingerprint density at radius 2 is 1.54 bits per heavy atom. The number of fused-ring (bicyclic) bond motifs is 6. The number of nitro groups is 1. The van der Waals surface area contributed by atoms with Crippen molar-refractivity contribution in [1.82, 2.24) is 14.9 Å². The van der Waals surface area contributed by atoms with Crippen LogP contribution in [-0.4, -0.2) is 78.3 Å². The Labute approximate surface area is 329 Å². The molecule has 0 fully saturated rings. The highest BCUT2D eigenvalue weighted by Crippen LogP contribution is 2.40. The van der Waals surface area contributed by atoms with E-state index in [4.69, 9.17) is 23.7 Å². The van der Waals surface area contributed by atoms with Crippen molar-refractivity contribution in [2.75, 3.05) is 50.4 Å². The lowest BCUT2D eigenvalue weighted by molar-refractivity contribution is -0.383. The maximum atomic E-state index is 13.9. The van der Waals surface area contributed by atoms with Gasteiger partial charge in [0.15, 0.2) is 0 Å². The standard InChI is InChI=1S/C41H44N6O10/c1-5-55-35(48)26-45-25-34-30-10-8-7-9-19-57-40-42-37(44(22-27-11-15-31(53-3)16-12-27)23-28-13-17-32(54-4)18-14-28)36(47(51)52)38(43-40)46(41(50)56-6-2)24-29(20-30)21-33(34)39(45)49/h7-8,11-18,20-21H,5-6,9-10,19,22-26H2,1-4H3/b8-7+. The van der Waals surface area contributed by atoms with Crippen LogP contribution in [0.25, 0.3) is 0 Å². The van der Waals surface area contributed by atoms with Gasteiger partial charge in [-0.1, -0.05) is 42.5 Å². The van der Waals surface area contributed by atoms with E-state index in [2.05, 4.69) is 9.97 Å². The number of carbonyl (C=O) groups is 3. The highest BCUT2D eigenvalue weighted by Gasteiger charge is 2.37. The van der Waals surface area contributed by atoms with Gasteiger partial charge in [0.25, 0.3) is 5.91 Å². The summed E-state index contributed by atoms with van der Waals surface area (Å²) in [4.78, 5) is 66.0. The third-order valence-electron chi connectivity index (χ3n) is 9.37. The van der Waals surface area contributed by atoms with E-state index < -0.39 is 22.7 Å². The molecular weight excluding hydrogens is 736 g/mol. The van der Waals surface area contributed by atoms with Crippen molar-refractivity contribution in [1.29, 1.82) is 0 Å². The van der Waals surface area contributed by atoms with Crippen LogP contribution in [0.5, 0.6) is 17.5 Å². The van der Waals surface area contributed by atoms with E-state index >= 15 is 0 Å². The molecule has 0 atom stereocenters. The molecule has 0 aliphatic carbocycles.